The number of nitrogens with zero attached hydrogens (tertiary/aromatic N) is 2. The minimum atomic E-state index is -0.683. The van der Waals surface area contributed by atoms with Crippen molar-refractivity contribution >= 4 is 11.9 Å². The van der Waals surface area contributed by atoms with Gasteiger partial charge in [-0.25, -0.2) is 0 Å². The zero-order valence-corrected chi connectivity index (χ0v) is 17.9. The Balaban J connectivity index is 1.10. The summed E-state index contributed by atoms with van der Waals surface area (Å²) in [7, 11) is 0. The molecule has 1 aromatic carbocycles. The molecule has 4 aliphatic carbocycles. The van der Waals surface area contributed by atoms with Crippen LogP contribution in [0.3, 0.4) is 0 Å². The zero-order chi connectivity index (χ0) is 21.4. The van der Waals surface area contributed by atoms with Gasteiger partial charge in [0.15, 0.2) is 6.10 Å². The molecule has 0 aliphatic heterocycles. The van der Waals surface area contributed by atoms with Gasteiger partial charge < -0.3 is 14.5 Å². The summed E-state index contributed by atoms with van der Waals surface area (Å²) in [5, 5.41) is 10.8. The van der Waals surface area contributed by atoms with Crippen LogP contribution >= 0.6 is 0 Å². The van der Waals surface area contributed by atoms with Crippen molar-refractivity contribution < 1.29 is 18.7 Å². The summed E-state index contributed by atoms with van der Waals surface area (Å²) in [4.78, 5) is 24.8. The summed E-state index contributed by atoms with van der Waals surface area (Å²) >= 11 is 0. The van der Waals surface area contributed by atoms with Crippen molar-refractivity contribution in [2.24, 2.45) is 23.2 Å². The summed E-state index contributed by atoms with van der Waals surface area (Å²) in [5.41, 5.74) is 0.963. The maximum Gasteiger partial charge on any atom is 0.326 e. The summed E-state index contributed by atoms with van der Waals surface area (Å²) in [5.74, 6) is 2.47. The summed E-state index contributed by atoms with van der Waals surface area (Å²) in [6, 6.07) is 9.41. The maximum absolute atomic E-state index is 12.6. The quantitative estimate of drug-likeness (QED) is 0.675. The number of carbonyl (C=O) groups excluding carboxylic acids is 2. The van der Waals surface area contributed by atoms with Gasteiger partial charge in [0.25, 0.3) is 5.89 Å². The van der Waals surface area contributed by atoms with E-state index in [1.54, 1.807) is 6.92 Å². The number of benzene rings is 1. The van der Waals surface area contributed by atoms with E-state index in [9.17, 15) is 9.59 Å². The fourth-order valence-electron chi connectivity index (χ4n) is 6.47. The van der Waals surface area contributed by atoms with Crippen LogP contribution in [-0.4, -0.2) is 28.6 Å². The number of ether oxygens (including phenoxy) is 1. The monoisotopic (exact) mass is 423 g/mol. The Morgan fingerprint density at radius 3 is 2.39 bits per heavy atom. The molecule has 1 aromatic heterocycles. The van der Waals surface area contributed by atoms with E-state index in [1.807, 2.05) is 30.3 Å². The Bertz CT molecular complexity index is 919. The van der Waals surface area contributed by atoms with Crippen molar-refractivity contribution in [1.29, 1.82) is 0 Å². The molecule has 7 heteroatoms. The Morgan fingerprint density at radius 2 is 1.74 bits per heavy atom. The smallest absolute Gasteiger partial charge is 0.326 e. The standard InChI is InChI=1S/C24H29N3O4/c1-15(22-26-27-23(31-22)19-5-3-2-4-6-19)30-21(29)14-25-20(28)13-24-10-16-7-17(11-24)9-18(8-16)12-24/h2-6,15-18H,7-14H2,1H3,(H,25,28)/t15-,16?,17?,18?,24?/m1/s1. The molecule has 0 saturated heterocycles. The molecule has 1 N–H and O–H groups in total. The van der Waals surface area contributed by atoms with E-state index in [4.69, 9.17) is 9.15 Å². The van der Waals surface area contributed by atoms with Crippen LogP contribution in [0.2, 0.25) is 0 Å². The van der Waals surface area contributed by atoms with Gasteiger partial charge in [0, 0.05) is 12.0 Å². The van der Waals surface area contributed by atoms with Gasteiger partial charge in [0.1, 0.15) is 6.54 Å². The summed E-state index contributed by atoms with van der Waals surface area (Å²) < 4.78 is 11.0. The predicted molar refractivity (Wildman–Crippen MR) is 112 cm³/mol. The number of esters is 1. The van der Waals surface area contributed by atoms with Crippen molar-refractivity contribution in [3.8, 4) is 11.5 Å². The van der Waals surface area contributed by atoms with Crippen LogP contribution in [0.5, 0.6) is 0 Å². The van der Waals surface area contributed by atoms with E-state index >= 15 is 0 Å². The molecule has 4 bridgehead atoms. The maximum atomic E-state index is 12.6. The Kier molecular flexibility index (Phi) is 5.28. The molecular formula is C24H29N3O4. The number of rotatable bonds is 7. The van der Waals surface area contributed by atoms with Crippen LogP contribution in [0.1, 0.15) is 63.9 Å². The van der Waals surface area contributed by atoms with Gasteiger partial charge in [-0.15, -0.1) is 10.2 Å². The molecule has 0 spiro atoms. The highest BCUT2D eigenvalue weighted by molar-refractivity contribution is 5.82. The van der Waals surface area contributed by atoms with Crippen molar-refractivity contribution in [1.82, 2.24) is 15.5 Å². The highest BCUT2D eigenvalue weighted by Crippen LogP contribution is 2.61. The van der Waals surface area contributed by atoms with Crippen molar-refractivity contribution in [2.45, 2.75) is 58.0 Å². The van der Waals surface area contributed by atoms with Gasteiger partial charge in [-0.3, -0.25) is 9.59 Å². The minimum Gasteiger partial charge on any atom is -0.451 e. The average Bonchev–Trinajstić information content (AvgIpc) is 3.22. The van der Waals surface area contributed by atoms with Crippen LogP contribution in [0.25, 0.3) is 11.5 Å². The van der Waals surface area contributed by atoms with E-state index in [0.29, 0.717) is 12.3 Å². The van der Waals surface area contributed by atoms with E-state index in [2.05, 4.69) is 15.5 Å². The van der Waals surface area contributed by atoms with Gasteiger partial charge >= 0.3 is 5.97 Å². The van der Waals surface area contributed by atoms with Crippen LogP contribution in [0, 0.1) is 23.2 Å². The van der Waals surface area contributed by atoms with Crippen molar-refractivity contribution in [2.75, 3.05) is 6.54 Å². The fourth-order valence-corrected chi connectivity index (χ4v) is 6.47. The molecule has 0 radical (unpaired) electrons. The first-order chi connectivity index (χ1) is 15.0. The number of carbonyl (C=O) groups is 2. The first-order valence-electron chi connectivity index (χ1n) is 11.3. The molecule has 4 fully saturated rings. The molecule has 7 nitrogen and oxygen atoms in total. The van der Waals surface area contributed by atoms with E-state index in [1.165, 1.54) is 38.5 Å². The molecule has 164 valence electrons. The predicted octanol–water partition coefficient (Wildman–Crippen LogP) is 4.06. The van der Waals surface area contributed by atoms with E-state index in [-0.39, 0.29) is 23.8 Å². The van der Waals surface area contributed by atoms with E-state index in [0.717, 1.165) is 23.3 Å². The van der Waals surface area contributed by atoms with Crippen molar-refractivity contribution in [3.05, 3.63) is 36.2 Å². The normalized spacial score (nSPS) is 29.5. The number of nitrogens with one attached hydrogen (secondary N) is 1. The van der Waals surface area contributed by atoms with Crippen LogP contribution < -0.4 is 5.32 Å². The Hall–Kier alpha value is -2.70. The lowest BCUT2D eigenvalue weighted by Crippen LogP contribution is -2.48. The van der Waals surface area contributed by atoms with Gasteiger partial charge in [-0.2, -0.15) is 0 Å². The molecule has 4 aliphatic rings. The highest BCUT2D eigenvalue weighted by Gasteiger charge is 2.51. The third-order valence-corrected chi connectivity index (χ3v) is 7.25. The largest absolute Gasteiger partial charge is 0.451 e. The number of amides is 1. The third kappa shape index (κ3) is 4.36. The molecule has 0 unspecified atom stereocenters. The van der Waals surface area contributed by atoms with Crippen LogP contribution in [0.4, 0.5) is 0 Å². The number of hydrogen-bond acceptors (Lipinski definition) is 6. The molecule has 6 rings (SSSR count). The first kappa shape index (κ1) is 20.2. The first-order valence-corrected chi connectivity index (χ1v) is 11.3. The summed E-state index contributed by atoms with van der Waals surface area (Å²) in [6.45, 7) is 1.53. The second kappa shape index (κ2) is 8.09. The molecule has 1 heterocycles. The zero-order valence-electron chi connectivity index (χ0n) is 17.9. The molecule has 4 saturated carbocycles. The van der Waals surface area contributed by atoms with E-state index < -0.39 is 12.1 Å². The highest BCUT2D eigenvalue weighted by atomic mass is 16.6. The molecule has 2 aromatic rings. The SMILES string of the molecule is C[C@@H](OC(=O)CNC(=O)CC12CC3CC(CC(C3)C1)C2)c1nnc(-c2ccccc2)o1. The van der Waals surface area contributed by atoms with Crippen LogP contribution in [0.15, 0.2) is 34.7 Å². The van der Waals surface area contributed by atoms with Gasteiger partial charge in [0.05, 0.1) is 0 Å². The molecular weight excluding hydrogens is 394 g/mol. The third-order valence-electron chi connectivity index (χ3n) is 7.25. The average molecular weight is 424 g/mol. The lowest BCUT2D eigenvalue weighted by molar-refractivity contribution is -0.150. The second-order valence-corrected chi connectivity index (χ2v) is 9.81. The fraction of sp³-hybridized carbons (Fsp3) is 0.583. The van der Waals surface area contributed by atoms with Gasteiger partial charge in [-0.1, -0.05) is 18.2 Å². The Morgan fingerprint density at radius 1 is 1.10 bits per heavy atom. The summed E-state index contributed by atoms with van der Waals surface area (Å²) in [6.07, 6.45) is 7.44. The Labute approximate surface area is 181 Å². The topological polar surface area (TPSA) is 94.3 Å². The molecule has 31 heavy (non-hydrogen) atoms. The number of hydrogen-bond donors (Lipinski definition) is 1. The lowest BCUT2D eigenvalue weighted by atomic mass is 9.49. The minimum absolute atomic E-state index is 0.0456. The van der Waals surface area contributed by atoms with Crippen molar-refractivity contribution in [3.63, 3.8) is 0 Å². The van der Waals surface area contributed by atoms with Gasteiger partial charge in [0.2, 0.25) is 11.8 Å². The molecule has 1 amide bonds. The van der Waals surface area contributed by atoms with Crippen LogP contribution in [-0.2, 0) is 14.3 Å². The lowest BCUT2D eigenvalue weighted by Gasteiger charge is -2.56. The number of aromatic nitrogens is 2. The van der Waals surface area contributed by atoms with Gasteiger partial charge in [-0.05, 0) is 80.8 Å². The molecule has 1 atom stereocenters. The second-order valence-electron chi connectivity index (χ2n) is 9.81.